The fraction of sp³-hybridized carbons (Fsp3) is 0.0714. The number of hydrogen-bond acceptors (Lipinski definition) is 4. The van der Waals surface area contributed by atoms with Gasteiger partial charge in [0.05, 0.1) is 21.2 Å². The zero-order chi connectivity index (χ0) is 13.5. The van der Waals surface area contributed by atoms with E-state index in [-0.39, 0.29) is 0 Å². The van der Waals surface area contributed by atoms with Crippen LogP contribution in [0.15, 0.2) is 36.0 Å². The highest BCUT2D eigenvalue weighted by Gasteiger charge is 2.06. The maximum absolute atomic E-state index is 4.53. The van der Waals surface area contributed by atoms with Gasteiger partial charge in [-0.1, -0.05) is 6.07 Å². The van der Waals surface area contributed by atoms with Gasteiger partial charge in [-0.3, -0.25) is 0 Å². The largest absolute Gasteiger partial charge is 0.340 e. The number of hydrogen-bond donors (Lipinski definition) is 1. The minimum atomic E-state index is 0.777. The Morgan fingerprint density at radius 3 is 3.10 bits per heavy atom. The van der Waals surface area contributed by atoms with Gasteiger partial charge in [0.25, 0.3) is 0 Å². The summed E-state index contributed by atoms with van der Waals surface area (Å²) in [6.07, 6.45) is 2.61. The van der Waals surface area contributed by atoms with Crippen LogP contribution >= 0.6 is 33.9 Å². The van der Waals surface area contributed by atoms with Gasteiger partial charge in [-0.05, 0) is 46.4 Å². The molecule has 0 aliphatic heterocycles. The number of halogens is 1. The Hall–Kier alpha value is -1.54. The molecule has 98 valence electrons. The third-order valence-corrected chi connectivity index (χ3v) is 4.50. The zero-order valence-electron chi connectivity index (χ0n) is 10.3. The van der Waals surface area contributed by atoms with E-state index in [9.17, 15) is 0 Å². The predicted molar refractivity (Wildman–Crippen MR) is 89.0 cm³/mol. The molecule has 0 bridgehead atoms. The summed E-state index contributed by atoms with van der Waals surface area (Å²) in [5, 5.41) is 0. The third-order valence-electron chi connectivity index (χ3n) is 3.12. The molecule has 0 fully saturated rings. The maximum Gasteiger partial charge on any atom is 0.177 e. The average Bonchev–Trinajstić information content (AvgIpc) is 3.03. The number of benzene rings is 1. The predicted octanol–water partition coefficient (Wildman–Crippen LogP) is 3.76. The van der Waals surface area contributed by atoms with E-state index in [2.05, 4.69) is 66.8 Å². The van der Waals surface area contributed by atoms with Crippen LogP contribution < -0.4 is 0 Å². The van der Waals surface area contributed by atoms with Crippen molar-refractivity contribution in [3.63, 3.8) is 0 Å². The van der Waals surface area contributed by atoms with Crippen molar-refractivity contribution in [3.05, 3.63) is 50.9 Å². The topological polar surface area (TPSA) is 54.5 Å². The summed E-state index contributed by atoms with van der Waals surface area (Å²) >= 11 is 3.92. The Balaban J connectivity index is 1.72. The normalized spacial score (nSPS) is 11.4. The smallest absolute Gasteiger partial charge is 0.177 e. The molecule has 0 saturated carbocycles. The van der Waals surface area contributed by atoms with Crippen molar-refractivity contribution >= 4 is 55.3 Å². The lowest BCUT2D eigenvalue weighted by Gasteiger charge is -1.97. The molecule has 4 aromatic rings. The zero-order valence-corrected chi connectivity index (χ0v) is 13.3. The molecule has 1 aromatic carbocycles. The molecule has 0 radical (unpaired) electrons. The van der Waals surface area contributed by atoms with E-state index < -0.39 is 0 Å². The maximum atomic E-state index is 4.53. The summed E-state index contributed by atoms with van der Waals surface area (Å²) in [5.41, 5.74) is 5.93. The first-order chi connectivity index (χ1) is 9.78. The quantitative estimate of drug-likeness (QED) is 0.529. The number of nitrogens with one attached hydrogen (secondary N) is 1. The Morgan fingerprint density at radius 1 is 1.20 bits per heavy atom. The molecule has 3 heterocycles. The SMILES string of the molecule is Ic1cnc2nc(Cc3ccc4ncsc4c3)[nH]c2c1. The number of pyridine rings is 1. The highest BCUT2D eigenvalue weighted by Crippen LogP contribution is 2.21. The van der Waals surface area contributed by atoms with Crippen molar-refractivity contribution in [1.29, 1.82) is 0 Å². The lowest BCUT2D eigenvalue weighted by Crippen LogP contribution is -1.90. The fourth-order valence-corrected chi connectivity index (χ4v) is 3.40. The first kappa shape index (κ1) is 12.2. The van der Waals surface area contributed by atoms with Gasteiger partial charge in [0.15, 0.2) is 5.65 Å². The molecular formula is C14H9IN4S. The van der Waals surface area contributed by atoms with Crippen molar-refractivity contribution in [2.75, 3.05) is 0 Å². The van der Waals surface area contributed by atoms with Crippen LogP contribution in [0.1, 0.15) is 11.4 Å². The summed E-state index contributed by atoms with van der Waals surface area (Å²) in [6, 6.07) is 8.40. The summed E-state index contributed by atoms with van der Waals surface area (Å²) < 4.78 is 2.32. The highest BCUT2D eigenvalue weighted by atomic mass is 127. The number of fused-ring (bicyclic) bond motifs is 2. The Labute approximate surface area is 132 Å². The van der Waals surface area contributed by atoms with E-state index in [0.29, 0.717) is 0 Å². The molecule has 6 heteroatoms. The number of imidazole rings is 1. The fourth-order valence-electron chi connectivity index (χ4n) is 2.21. The second-order valence-electron chi connectivity index (χ2n) is 4.54. The number of aromatic nitrogens is 4. The number of thiazole rings is 1. The molecule has 20 heavy (non-hydrogen) atoms. The lowest BCUT2D eigenvalue weighted by atomic mass is 10.1. The minimum absolute atomic E-state index is 0.777. The number of aromatic amines is 1. The van der Waals surface area contributed by atoms with Crippen molar-refractivity contribution in [1.82, 2.24) is 19.9 Å². The summed E-state index contributed by atoms with van der Waals surface area (Å²) in [7, 11) is 0. The van der Waals surface area contributed by atoms with Crippen molar-refractivity contribution < 1.29 is 0 Å². The second-order valence-corrected chi connectivity index (χ2v) is 6.67. The third kappa shape index (κ3) is 2.18. The van der Waals surface area contributed by atoms with E-state index in [1.807, 2.05) is 11.7 Å². The van der Waals surface area contributed by atoms with Gasteiger partial charge in [0.2, 0.25) is 0 Å². The van der Waals surface area contributed by atoms with Crippen LogP contribution in [0.3, 0.4) is 0 Å². The molecule has 3 aromatic heterocycles. The number of nitrogens with zero attached hydrogens (tertiary/aromatic N) is 3. The molecule has 4 nitrogen and oxygen atoms in total. The van der Waals surface area contributed by atoms with Gasteiger partial charge in [0, 0.05) is 16.2 Å². The molecule has 0 spiro atoms. The van der Waals surface area contributed by atoms with Gasteiger partial charge in [0.1, 0.15) is 5.82 Å². The van der Waals surface area contributed by atoms with Crippen LogP contribution in [-0.4, -0.2) is 19.9 Å². The Bertz CT molecular complexity index is 912. The summed E-state index contributed by atoms with van der Waals surface area (Å²) in [4.78, 5) is 16.5. The molecule has 1 N–H and O–H groups in total. The van der Waals surface area contributed by atoms with Crippen molar-refractivity contribution in [2.24, 2.45) is 0 Å². The van der Waals surface area contributed by atoms with Gasteiger partial charge in [-0.15, -0.1) is 11.3 Å². The van der Waals surface area contributed by atoms with Crippen LogP contribution in [0.25, 0.3) is 21.4 Å². The van der Waals surface area contributed by atoms with E-state index in [1.54, 1.807) is 11.3 Å². The van der Waals surface area contributed by atoms with Crippen LogP contribution in [0.5, 0.6) is 0 Å². The second kappa shape index (κ2) is 4.78. The van der Waals surface area contributed by atoms with Crippen LogP contribution in [-0.2, 0) is 6.42 Å². The van der Waals surface area contributed by atoms with E-state index in [0.717, 1.165) is 32.5 Å². The van der Waals surface area contributed by atoms with Gasteiger partial charge in [-0.25, -0.2) is 15.0 Å². The van der Waals surface area contributed by atoms with Crippen molar-refractivity contribution in [2.45, 2.75) is 6.42 Å². The molecule has 0 unspecified atom stereocenters. The monoisotopic (exact) mass is 392 g/mol. The number of rotatable bonds is 2. The van der Waals surface area contributed by atoms with E-state index in [4.69, 9.17) is 0 Å². The van der Waals surface area contributed by atoms with Crippen LogP contribution in [0.4, 0.5) is 0 Å². The first-order valence-corrected chi connectivity index (χ1v) is 8.06. The minimum Gasteiger partial charge on any atom is -0.340 e. The Kier molecular flexibility index (Phi) is 2.92. The summed E-state index contributed by atoms with van der Waals surface area (Å²) in [5.74, 6) is 0.943. The molecule has 0 aliphatic carbocycles. The molecule has 0 atom stereocenters. The Morgan fingerprint density at radius 2 is 2.15 bits per heavy atom. The number of H-pyrrole nitrogens is 1. The first-order valence-electron chi connectivity index (χ1n) is 6.10. The van der Waals surface area contributed by atoms with Gasteiger partial charge in [-0.2, -0.15) is 0 Å². The van der Waals surface area contributed by atoms with Gasteiger partial charge >= 0.3 is 0 Å². The molecule has 0 aliphatic rings. The lowest BCUT2D eigenvalue weighted by molar-refractivity contribution is 1.04. The summed E-state index contributed by atoms with van der Waals surface area (Å²) in [6.45, 7) is 0. The molecular weight excluding hydrogens is 383 g/mol. The van der Waals surface area contributed by atoms with Crippen LogP contribution in [0.2, 0.25) is 0 Å². The van der Waals surface area contributed by atoms with Crippen molar-refractivity contribution in [3.8, 4) is 0 Å². The standard InChI is InChI=1S/C14H9IN4S/c15-9-5-11-14(16-6-9)19-13(18-11)4-8-1-2-10-12(3-8)20-7-17-10/h1-3,5-7H,4H2,(H,16,18,19). The molecule has 4 rings (SSSR count). The molecule has 0 saturated heterocycles. The van der Waals surface area contributed by atoms with E-state index >= 15 is 0 Å². The highest BCUT2D eigenvalue weighted by molar-refractivity contribution is 14.1. The van der Waals surface area contributed by atoms with E-state index in [1.165, 1.54) is 10.3 Å². The van der Waals surface area contributed by atoms with Crippen LogP contribution in [0, 0.1) is 3.57 Å². The molecule has 0 amide bonds. The van der Waals surface area contributed by atoms with Gasteiger partial charge < -0.3 is 4.98 Å². The average molecular weight is 392 g/mol.